The largest absolute Gasteiger partial charge is 0.336 e. The van der Waals surface area contributed by atoms with Gasteiger partial charge in [0.05, 0.1) is 0 Å². The van der Waals surface area contributed by atoms with Crippen molar-refractivity contribution in [2.75, 3.05) is 11.9 Å². The molecule has 5 heteroatoms. The maximum absolute atomic E-state index is 12.7. The number of rotatable bonds is 4. The van der Waals surface area contributed by atoms with Crippen molar-refractivity contribution in [3.8, 4) is 0 Å². The Morgan fingerprint density at radius 1 is 1.08 bits per heavy atom. The van der Waals surface area contributed by atoms with E-state index < -0.39 is 6.04 Å². The highest BCUT2D eigenvalue weighted by atomic mass is 16.2. The van der Waals surface area contributed by atoms with E-state index in [-0.39, 0.29) is 17.9 Å². The number of piperidine rings is 1. The van der Waals surface area contributed by atoms with Crippen LogP contribution in [0.5, 0.6) is 0 Å². The number of benzene rings is 2. The molecule has 1 heterocycles. The van der Waals surface area contributed by atoms with Crippen LogP contribution in [-0.4, -0.2) is 29.3 Å². The van der Waals surface area contributed by atoms with Gasteiger partial charge in [0.2, 0.25) is 5.91 Å². The Balaban J connectivity index is 1.64. The van der Waals surface area contributed by atoms with Crippen LogP contribution in [0.4, 0.5) is 5.69 Å². The van der Waals surface area contributed by atoms with Gasteiger partial charge in [-0.05, 0) is 56.0 Å². The van der Waals surface area contributed by atoms with E-state index in [4.69, 9.17) is 5.73 Å². The first kappa shape index (κ1) is 18.1. The highest BCUT2D eigenvalue weighted by Gasteiger charge is 2.24. The zero-order valence-corrected chi connectivity index (χ0v) is 15.0. The van der Waals surface area contributed by atoms with Crippen LogP contribution < -0.4 is 11.1 Å². The van der Waals surface area contributed by atoms with E-state index in [1.165, 1.54) is 6.42 Å². The van der Waals surface area contributed by atoms with Gasteiger partial charge in [0.25, 0.3) is 5.91 Å². The molecular weight excluding hydrogens is 326 g/mol. The van der Waals surface area contributed by atoms with Gasteiger partial charge in [0, 0.05) is 23.8 Å². The summed E-state index contributed by atoms with van der Waals surface area (Å²) in [6.07, 6.45) is 3.29. The monoisotopic (exact) mass is 351 g/mol. The summed E-state index contributed by atoms with van der Waals surface area (Å²) in [6, 6.07) is 15.8. The summed E-state index contributed by atoms with van der Waals surface area (Å²) >= 11 is 0. The Labute approximate surface area is 154 Å². The molecule has 1 saturated heterocycles. The SMILES string of the molecule is CC1CCCCN1C(=O)c1ccc(NC(=O)C(N)c2ccccc2)cc1. The molecule has 0 aliphatic carbocycles. The average molecular weight is 351 g/mol. The van der Waals surface area contributed by atoms with E-state index in [0.717, 1.165) is 24.9 Å². The summed E-state index contributed by atoms with van der Waals surface area (Å²) in [5.41, 5.74) is 8.04. The number of carbonyl (C=O) groups is 2. The summed E-state index contributed by atoms with van der Waals surface area (Å²) < 4.78 is 0. The van der Waals surface area contributed by atoms with Crippen LogP contribution in [0, 0.1) is 0 Å². The third-order valence-electron chi connectivity index (χ3n) is 4.90. The average Bonchev–Trinajstić information content (AvgIpc) is 2.68. The Hall–Kier alpha value is -2.66. The first-order valence-electron chi connectivity index (χ1n) is 9.08. The third-order valence-corrected chi connectivity index (χ3v) is 4.90. The van der Waals surface area contributed by atoms with Crippen LogP contribution in [0.2, 0.25) is 0 Å². The molecule has 0 bridgehead atoms. The van der Waals surface area contributed by atoms with Crippen molar-refractivity contribution >= 4 is 17.5 Å². The lowest BCUT2D eigenvalue weighted by atomic mass is 10.0. The Morgan fingerprint density at radius 2 is 1.77 bits per heavy atom. The number of anilines is 1. The topological polar surface area (TPSA) is 75.4 Å². The highest BCUT2D eigenvalue weighted by Crippen LogP contribution is 2.20. The van der Waals surface area contributed by atoms with E-state index in [1.54, 1.807) is 24.3 Å². The highest BCUT2D eigenvalue weighted by molar-refractivity contribution is 5.97. The fraction of sp³-hybridized carbons (Fsp3) is 0.333. The maximum atomic E-state index is 12.7. The molecule has 0 saturated carbocycles. The first-order chi connectivity index (χ1) is 12.6. The van der Waals surface area contributed by atoms with Crippen LogP contribution in [0.3, 0.4) is 0 Å². The molecule has 1 aliphatic rings. The predicted molar refractivity (Wildman–Crippen MR) is 103 cm³/mol. The molecule has 2 aromatic rings. The fourth-order valence-corrected chi connectivity index (χ4v) is 3.29. The number of carbonyl (C=O) groups excluding carboxylic acids is 2. The summed E-state index contributed by atoms with van der Waals surface area (Å²) in [4.78, 5) is 26.9. The molecule has 3 rings (SSSR count). The number of nitrogens with two attached hydrogens (primary N) is 1. The van der Waals surface area contributed by atoms with Gasteiger partial charge in [-0.2, -0.15) is 0 Å². The summed E-state index contributed by atoms with van der Waals surface area (Å²) in [7, 11) is 0. The molecule has 0 radical (unpaired) electrons. The molecule has 5 nitrogen and oxygen atoms in total. The molecule has 136 valence electrons. The Kier molecular flexibility index (Phi) is 5.68. The molecular formula is C21H25N3O2. The molecule has 3 N–H and O–H groups in total. The van der Waals surface area contributed by atoms with Gasteiger partial charge < -0.3 is 16.0 Å². The molecule has 2 unspecified atom stereocenters. The normalized spacial score (nSPS) is 18.2. The van der Waals surface area contributed by atoms with Gasteiger partial charge >= 0.3 is 0 Å². The minimum Gasteiger partial charge on any atom is -0.336 e. The minimum absolute atomic E-state index is 0.0519. The summed E-state index contributed by atoms with van der Waals surface area (Å²) in [5.74, 6) is -0.226. The second-order valence-electron chi connectivity index (χ2n) is 6.80. The van der Waals surface area contributed by atoms with Gasteiger partial charge in [-0.3, -0.25) is 9.59 Å². The van der Waals surface area contributed by atoms with E-state index in [2.05, 4.69) is 12.2 Å². The van der Waals surface area contributed by atoms with E-state index in [1.807, 2.05) is 35.2 Å². The standard InChI is InChI=1S/C21H25N3O2/c1-15-7-5-6-14-24(15)21(26)17-10-12-18(13-11-17)23-20(25)19(22)16-8-3-2-4-9-16/h2-4,8-13,15,19H,5-7,14,22H2,1H3,(H,23,25). The number of hydrogen-bond donors (Lipinski definition) is 2. The van der Waals surface area contributed by atoms with Crippen molar-refractivity contribution in [3.63, 3.8) is 0 Å². The van der Waals surface area contributed by atoms with Gasteiger partial charge in [-0.1, -0.05) is 30.3 Å². The van der Waals surface area contributed by atoms with Crippen LogP contribution in [0.15, 0.2) is 54.6 Å². The summed E-state index contributed by atoms with van der Waals surface area (Å²) in [5, 5.41) is 2.81. The number of nitrogens with one attached hydrogen (secondary N) is 1. The Bertz CT molecular complexity index is 759. The van der Waals surface area contributed by atoms with Crippen molar-refractivity contribution in [3.05, 3.63) is 65.7 Å². The second kappa shape index (κ2) is 8.15. The zero-order chi connectivity index (χ0) is 18.5. The quantitative estimate of drug-likeness (QED) is 0.887. The molecule has 2 atom stereocenters. The number of nitrogens with zero attached hydrogens (tertiary/aromatic N) is 1. The second-order valence-corrected chi connectivity index (χ2v) is 6.80. The first-order valence-corrected chi connectivity index (χ1v) is 9.08. The van der Waals surface area contributed by atoms with Gasteiger partial charge in [-0.25, -0.2) is 0 Å². The van der Waals surface area contributed by atoms with E-state index in [9.17, 15) is 9.59 Å². The minimum atomic E-state index is -0.730. The maximum Gasteiger partial charge on any atom is 0.254 e. The lowest BCUT2D eigenvalue weighted by molar-refractivity contribution is -0.117. The van der Waals surface area contributed by atoms with Crippen LogP contribution >= 0.6 is 0 Å². The van der Waals surface area contributed by atoms with Crippen molar-refractivity contribution in [1.82, 2.24) is 4.90 Å². The molecule has 26 heavy (non-hydrogen) atoms. The van der Waals surface area contributed by atoms with Crippen molar-refractivity contribution in [2.24, 2.45) is 5.73 Å². The van der Waals surface area contributed by atoms with Crippen LogP contribution in [0.1, 0.15) is 48.1 Å². The fourth-order valence-electron chi connectivity index (χ4n) is 3.29. The summed E-state index contributed by atoms with van der Waals surface area (Å²) in [6.45, 7) is 2.90. The Morgan fingerprint density at radius 3 is 2.42 bits per heavy atom. The number of hydrogen-bond acceptors (Lipinski definition) is 3. The van der Waals surface area contributed by atoms with Crippen LogP contribution in [0.25, 0.3) is 0 Å². The van der Waals surface area contributed by atoms with E-state index in [0.29, 0.717) is 11.3 Å². The molecule has 1 fully saturated rings. The predicted octanol–water partition coefficient (Wildman–Crippen LogP) is 3.34. The zero-order valence-electron chi connectivity index (χ0n) is 15.0. The van der Waals surface area contributed by atoms with Crippen LogP contribution in [-0.2, 0) is 4.79 Å². The molecule has 2 amide bonds. The molecule has 2 aromatic carbocycles. The van der Waals surface area contributed by atoms with Gasteiger partial charge in [-0.15, -0.1) is 0 Å². The van der Waals surface area contributed by atoms with Crippen molar-refractivity contribution < 1.29 is 9.59 Å². The third kappa shape index (κ3) is 4.11. The lowest BCUT2D eigenvalue weighted by Crippen LogP contribution is -2.42. The molecule has 0 spiro atoms. The van der Waals surface area contributed by atoms with E-state index >= 15 is 0 Å². The number of amides is 2. The molecule has 1 aliphatic heterocycles. The molecule has 0 aromatic heterocycles. The van der Waals surface area contributed by atoms with Gasteiger partial charge in [0.15, 0.2) is 0 Å². The van der Waals surface area contributed by atoms with Gasteiger partial charge in [0.1, 0.15) is 6.04 Å². The van der Waals surface area contributed by atoms with Crippen molar-refractivity contribution in [2.45, 2.75) is 38.3 Å². The number of likely N-dealkylation sites (tertiary alicyclic amines) is 1. The lowest BCUT2D eigenvalue weighted by Gasteiger charge is -2.33. The smallest absolute Gasteiger partial charge is 0.254 e. The van der Waals surface area contributed by atoms with Crippen molar-refractivity contribution in [1.29, 1.82) is 0 Å².